The zero-order valence-corrected chi connectivity index (χ0v) is 11.1. The fraction of sp³-hybridized carbons (Fsp3) is 0.286. The van der Waals surface area contributed by atoms with E-state index in [2.05, 4.69) is 6.58 Å². The molecule has 0 aliphatic carbocycles. The summed E-state index contributed by atoms with van der Waals surface area (Å²) in [6, 6.07) is 3.38. The van der Waals surface area contributed by atoms with E-state index in [-0.39, 0.29) is 12.1 Å². The molecule has 1 aromatic rings. The number of ether oxygens (including phenoxy) is 2. The van der Waals surface area contributed by atoms with Crippen molar-refractivity contribution in [2.75, 3.05) is 13.2 Å². The number of carboxylic acids is 1. The monoisotopic (exact) mass is 280 g/mol. The van der Waals surface area contributed by atoms with Gasteiger partial charge in [0.25, 0.3) is 0 Å². The van der Waals surface area contributed by atoms with E-state index >= 15 is 0 Å². The number of carbonyl (C=O) groups excluding carboxylic acids is 1. The molecule has 20 heavy (non-hydrogen) atoms. The van der Waals surface area contributed by atoms with Crippen molar-refractivity contribution >= 4 is 18.0 Å². The molecule has 0 aromatic carbocycles. The van der Waals surface area contributed by atoms with Gasteiger partial charge in [0.05, 0.1) is 12.9 Å². The van der Waals surface area contributed by atoms with Crippen molar-refractivity contribution in [3.05, 3.63) is 42.4 Å². The van der Waals surface area contributed by atoms with Gasteiger partial charge in [0, 0.05) is 11.6 Å². The van der Waals surface area contributed by atoms with Gasteiger partial charge in [0.15, 0.2) is 0 Å². The maximum absolute atomic E-state index is 10.7. The molecule has 0 saturated carbocycles. The van der Waals surface area contributed by atoms with Crippen LogP contribution in [0.1, 0.15) is 12.7 Å². The third kappa shape index (κ3) is 7.17. The first-order valence-electron chi connectivity index (χ1n) is 5.87. The van der Waals surface area contributed by atoms with Crippen molar-refractivity contribution in [2.24, 2.45) is 0 Å². The van der Waals surface area contributed by atoms with Crippen LogP contribution in [0.2, 0.25) is 0 Å². The van der Waals surface area contributed by atoms with E-state index in [0.29, 0.717) is 24.5 Å². The highest BCUT2D eigenvalue weighted by molar-refractivity contribution is 5.87. The topological polar surface area (TPSA) is 89.3 Å². The number of hydrogen-bond acceptors (Lipinski definition) is 5. The normalized spacial score (nSPS) is 16.1. The molecule has 2 rings (SSSR count). The van der Waals surface area contributed by atoms with E-state index in [1.54, 1.807) is 19.1 Å². The smallest absolute Gasteiger partial charge is 0.333 e. The molecular formula is C14H16O6. The minimum atomic E-state index is -0.976. The molecule has 6 nitrogen and oxygen atoms in total. The number of carboxylic acid groups (broad SMARTS) is 1. The van der Waals surface area contributed by atoms with Gasteiger partial charge in [-0.3, -0.25) is 0 Å². The fourth-order valence-electron chi connectivity index (χ4n) is 0.996. The lowest BCUT2D eigenvalue weighted by atomic mass is 10.4. The van der Waals surface area contributed by atoms with Gasteiger partial charge in [0.1, 0.15) is 18.5 Å². The standard InChI is InChI=1S/C7H10O3.C7H6O3/c1-5(2)7(8)10-4-6-3-9-6;8-7(9)4-3-6-2-1-5-10-6/h6H,1,3-4H2,2H3;1-5H,(H,8,9). The first-order valence-corrected chi connectivity index (χ1v) is 5.87. The third-order valence-corrected chi connectivity index (χ3v) is 2.08. The second-order valence-corrected chi connectivity index (χ2v) is 4.02. The Morgan fingerprint density at radius 2 is 2.30 bits per heavy atom. The van der Waals surface area contributed by atoms with Crippen molar-refractivity contribution in [2.45, 2.75) is 13.0 Å². The lowest BCUT2D eigenvalue weighted by Gasteiger charge is -1.99. The van der Waals surface area contributed by atoms with E-state index in [1.165, 1.54) is 12.3 Å². The molecule has 108 valence electrons. The maximum Gasteiger partial charge on any atom is 0.333 e. The first-order chi connectivity index (χ1) is 9.49. The van der Waals surface area contributed by atoms with Gasteiger partial charge in [0.2, 0.25) is 0 Å². The van der Waals surface area contributed by atoms with E-state index in [1.807, 2.05) is 0 Å². The van der Waals surface area contributed by atoms with Crippen molar-refractivity contribution in [3.8, 4) is 0 Å². The summed E-state index contributed by atoms with van der Waals surface area (Å²) < 4.78 is 14.4. The highest BCUT2D eigenvalue weighted by Crippen LogP contribution is 2.09. The lowest BCUT2D eigenvalue weighted by Crippen LogP contribution is -2.09. The lowest BCUT2D eigenvalue weighted by molar-refractivity contribution is -0.139. The molecule has 6 heteroatoms. The molecule has 0 amide bonds. The molecule has 1 N–H and O–H groups in total. The highest BCUT2D eigenvalue weighted by Gasteiger charge is 2.24. The molecule has 1 aliphatic heterocycles. The Balaban J connectivity index is 0.000000200. The van der Waals surface area contributed by atoms with Gasteiger partial charge in [-0.1, -0.05) is 6.58 Å². The molecule has 0 spiro atoms. The van der Waals surface area contributed by atoms with Crippen LogP contribution in [0, 0.1) is 0 Å². The Hall–Kier alpha value is -2.34. The minimum Gasteiger partial charge on any atom is -0.478 e. The van der Waals surface area contributed by atoms with E-state index in [0.717, 1.165) is 6.08 Å². The first kappa shape index (κ1) is 15.7. The van der Waals surface area contributed by atoms with Crippen LogP contribution < -0.4 is 0 Å². The Labute approximate surface area is 116 Å². The Morgan fingerprint density at radius 1 is 1.60 bits per heavy atom. The number of aliphatic carboxylic acids is 1. The Morgan fingerprint density at radius 3 is 2.75 bits per heavy atom. The zero-order valence-electron chi connectivity index (χ0n) is 11.1. The summed E-state index contributed by atoms with van der Waals surface area (Å²) in [6.07, 6.45) is 4.05. The van der Waals surface area contributed by atoms with Crippen molar-refractivity contribution in [1.29, 1.82) is 0 Å². The van der Waals surface area contributed by atoms with Crippen LogP contribution in [-0.4, -0.2) is 36.4 Å². The fourth-order valence-corrected chi connectivity index (χ4v) is 0.996. The number of epoxide rings is 1. The quantitative estimate of drug-likeness (QED) is 0.503. The average Bonchev–Trinajstić information content (AvgIpc) is 3.08. The third-order valence-electron chi connectivity index (χ3n) is 2.08. The van der Waals surface area contributed by atoms with Crippen LogP contribution in [0.25, 0.3) is 6.08 Å². The van der Waals surface area contributed by atoms with Crippen LogP contribution in [0.3, 0.4) is 0 Å². The second-order valence-electron chi connectivity index (χ2n) is 4.02. The molecule has 2 heterocycles. The predicted octanol–water partition coefficient (Wildman–Crippen LogP) is 1.88. The zero-order chi connectivity index (χ0) is 15.0. The summed E-state index contributed by atoms with van der Waals surface area (Å²) >= 11 is 0. The second kappa shape index (κ2) is 7.96. The average molecular weight is 280 g/mol. The van der Waals surface area contributed by atoms with Gasteiger partial charge >= 0.3 is 11.9 Å². The highest BCUT2D eigenvalue weighted by atomic mass is 16.6. The Bertz CT molecular complexity index is 482. The van der Waals surface area contributed by atoms with Crippen LogP contribution in [-0.2, 0) is 19.1 Å². The van der Waals surface area contributed by atoms with E-state index in [9.17, 15) is 9.59 Å². The molecule has 1 aromatic heterocycles. The number of furan rings is 1. The molecule has 0 radical (unpaired) electrons. The summed E-state index contributed by atoms with van der Waals surface area (Å²) in [5.41, 5.74) is 0.431. The van der Waals surface area contributed by atoms with Crippen LogP contribution >= 0.6 is 0 Å². The van der Waals surface area contributed by atoms with E-state index in [4.69, 9.17) is 19.0 Å². The number of esters is 1. The van der Waals surface area contributed by atoms with Crippen molar-refractivity contribution < 1.29 is 28.6 Å². The molecular weight excluding hydrogens is 264 g/mol. The molecule has 1 aliphatic rings. The van der Waals surface area contributed by atoms with Gasteiger partial charge in [-0.05, 0) is 25.1 Å². The van der Waals surface area contributed by atoms with Gasteiger partial charge in [-0.15, -0.1) is 0 Å². The predicted molar refractivity (Wildman–Crippen MR) is 70.9 cm³/mol. The number of carbonyl (C=O) groups is 2. The summed E-state index contributed by atoms with van der Waals surface area (Å²) in [7, 11) is 0. The van der Waals surface area contributed by atoms with Crippen LogP contribution in [0.5, 0.6) is 0 Å². The summed E-state index contributed by atoms with van der Waals surface area (Å²) in [4.78, 5) is 20.7. The molecule has 1 atom stereocenters. The van der Waals surface area contributed by atoms with E-state index < -0.39 is 5.97 Å². The summed E-state index contributed by atoms with van der Waals surface area (Å²) in [5.74, 6) is -0.769. The number of hydrogen-bond donors (Lipinski definition) is 1. The van der Waals surface area contributed by atoms with Crippen LogP contribution in [0.4, 0.5) is 0 Å². The molecule has 1 unspecified atom stereocenters. The number of rotatable bonds is 5. The molecule has 0 bridgehead atoms. The molecule has 1 fully saturated rings. The SMILES string of the molecule is C=C(C)C(=O)OCC1CO1.O=C(O)C=Cc1ccco1. The van der Waals surface area contributed by atoms with Crippen molar-refractivity contribution in [1.82, 2.24) is 0 Å². The van der Waals surface area contributed by atoms with Gasteiger partial charge in [-0.2, -0.15) is 0 Å². The molecule has 1 saturated heterocycles. The van der Waals surface area contributed by atoms with Crippen molar-refractivity contribution in [3.63, 3.8) is 0 Å². The van der Waals surface area contributed by atoms with Gasteiger partial charge in [-0.25, -0.2) is 9.59 Å². The minimum absolute atomic E-state index is 0.142. The van der Waals surface area contributed by atoms with Gasteiger partial charge < -0.3 is 19.0 Å². The van der Waals surface area contributed by atoms with Crippen LogP contribution in [0.15, 0.2) is 41.0 Å². The Kier molecular flexibility index (Phi) is 6.25. The summed E-state index contributed by atoms with van der Waals surface area (Å²) in [6.45, 7) is 6.14. The summed E-state index contributed by atoms with van der Waals surface area (Å²) in [5, 5.41) is 8.18. The maximum atomic E-state index is 10.7. The largest absolute Gasteiger partial charge is 0.478 e.